The van der Waals surface area contributed by atoms with Crippen LogP contribution >= 0.6 is 11.8 Å². The first kappa shape index (κ1) is 21.3. The lowest BCUT2D eigenvalue weighted by atomic mass is 9.85. The summed E-state index contributed by atoms with van der Waals surface area (Å²) < 4.78 is 5.37. The molecule has 2 aromatic rings. The lowest BCUT2D eigenvalue weighted by Crippen LogP contribution is -2.30. The second-order valence-corrected chi connectivity index (χ2v) is 9.32. The molecule has 2 aromatic carbocycles. The van der Waals surface area contributed by atoms with Gasteiger partial charge in [0.25, 0.3) is 5.91 Å². The van der Waals surface area contributed by atoms with Crippen molar-refractivity contribution in [3.8, 4) is 5.75 Å². The summed E-state index contributed by atoms with van der Waals surface area (Å²) in [6, 6.07) is 12.7. The molecule has 6 nitrogen and oxygen atoms in total. The fourth-order valence-corrected chi connectivity index (χ4v) is 4.54. The number of nitrogens with zero attached hydrogens (tertiary/aromatic N) is 2. The van der Waals surface area contributed by atoms with Gasteiger partial charge in [-0.25, -0.2) is 0 Å². The Balaban J connectivity index is 1.51. The number of carbonyl (C=O) groups is 2. The van der Waals surface area contributed by atoms with Gasteiger partial charge in [-0.3, -0.25) is 19.6 Å². The van der Waals surface area contributed by atoms with E-state index in [1.165, 1.54) is 17.3 Å². The van der Waals surface area contributed by atoms with Crippen molar-refractivity contribution in [1.29, 1.82) is 0 Å². The maximum absolute atomic E-state index is 13.0. The zero-order chi connectivity index (χ0) is 22.0. The van der Waals surface area contributed by atoms with Gasteiger partial charge in [0.05, 0.1) is 31.3 Å². The second-order valence-electron chi connectivity index (χ2n) is 8.24. The number of carbonyl (C=O) groups excluding carboxylic acids is 2. The molecule has 0 bridgehead atoms. The Hall–Kier alpha value is -2.93. The van der Waals surface area contributed by atoms with Crippen LogP contribution in [0, 0.1) is 0 Å². The fraction of sp³-hybridized carbons (Fsp3) is 0.333. The molecule has 0 saturated carbocycles. The van der Waals surface area contributed by atoms with Crippen molar-refractivity contribution >= 4 is 34.3 Å². The maximum Gasteiger partial charge on any atom is 0.257 e. The van der Waals surface area contributed by atoms with Crippen LogP contribution in [0.5, 0.6) is 5.75 Å². The molecular weight excluding hydrogens is 410 g/mol. The lowest BCUT2D eigenvalue weighted by molar-refractivity contribution is 0.0973. The van der Waals surface area contributed by atoms with E-state index in [9.17, 15) is 9.59 Å². The number of ether oxygens (including phenoxy) is 1. The van der Waals surface area contributed by atoms with Crippen molar-refractivity contribution in [2.75, 3.05) is 19.4 Å². The van der Waals surface area contributed by atoms with Crippen LogP contribution in [0.25, 0.3) is 0 Å². The summed E-state index contributed by atoms with van der Waals surface area (Å²) in [4.78, 5) is 34.4. The minimum Gasteiger partial charge on any atom is -0.497 e. The van der Waals surface area contributed by atoms with Gasteiger partial charge in [0.15, 0.2) is 11.0 Å². The SMILES string of the molecule is COc1ccc2c(c1)C(CC(=O)c1ccc(C(=O)NC3=NCCS3)cc1)=NC(C)(C)C2. The monoisotopic (exact) mass is 435 g/mol. The number of fused-ring (bicyclic) bond motifs is 1. The molecule has 0 fully saturated rings. The van der Waals surface area contributed by atoms with E-state index in [-0.39, 0.29) is 23.7 Å². The standard InChI is InChI=1S/C24H25N3O3S/c1-24(2)14-17-8-9-18(30-3)12-19(17)20(27-24)13-21(28)15-4-6-16(7-5-15)22(29)26-23-25-10-11-31-23/h4-9,12H,10-11,13-14H2,1-3H3,(H,25,26,29). The predicted molar refractivity (Wildman–Crippen MR) is 125 cm³/mol. The summed E-state index contributed by atoms with van der Waals surface area (Å²) in [5.74, 6) is 1.39. The molecule has 1 N–H and O–H groups in total. The third-order valence-corrected chi connectivity index (χ3v) is 6.18. The van der Waals surface area contributed by atoms with Gasteiger partial charge in [-0.05, 0) is 50.1 Å². The minimum atomic E-state index is -0.264. The van der Waals surface area contributed by atoms with Gasteiger partial charge in [-0.1, -0.05) is 30.0 Å². The zero-order valence-corrected chi connectivity index (χ0v) is 18.7. The third-order valence-electron chi connectivity index (χ3n) is 5.29. The van der Waals surface area contributed by atoms with E-state index in [1.807, 2.05) is 12.1 Å². The van der Waals surface area contributed by atoms with Crippen LogP contribution in [0.1, 0.15) is 52.1 Å². The molecule has 2 heterocycles. The van der Waals surface area contributed by atoms with Crippen molar-refractivity contribution < 1.29 is 14.3 Å². The third kappa shape index (κ3) is 4.88. The van der Waals surface area contributed by atoms with Crippen LogP contribution < -0.4 is 10.1 Å². The summed E-state index contributed by atoms with van der Waals surface area (Å²) in [6.07, 6.45) is 1.01. The molecule has 0 aliphatic carbocycles. The second kappa shape index (κ2) is 8.67. The number of hydrogen-bond donors (Lipinski definition) is 1. The molecule has 0 radical (unpaired) electrons. The van der Waals surface area contributed by atoms with Crippen LogP contribution in [0.4, 0.5) is 0 Å². The van der Waals surface area contributed by atoms with E-state index in [0.29, 0.717) is 16.3 Å². The number of rotatable bonds is 5. The molecule has 1 amide bonds. The van der Waals surface area contributed by atoms with Crippen molar-refractivity contribution in [1.82, 2.24) is 5.32 Å². The molecule has 160 valence electrons. The average Bonchev–Trinajstić information content (AvgIpc) is 3.26. The van der Waals surface area contributed by atoms with Crippen LogP contribution in [-0.4, -0.2) is 47.5 Å². The molecule has 0 saturated heterocycles. The summed E-state index contributed by atoms with van der Waals surface area (Å²) in [5.41, 5.74) is 3.70. The van der Waals surface area contributed by atoms with Crippen molar-refractivity contribution in [3.63, 3.8) is 0 Å². The highest BCUT2D eigenvalue weighted by atomic mass is 32.2. The summed E-state index contributed by atoms with van der Waals surface area (Å²) in [6.45, 7) is 4.87. The van der Waals surface area contributed by atoms with Gasteiger partial charge >= 0.3 is 0 Å². The van der Waals surface area contributed by atoms with Crippen molar-refractivity contribution in [3.05, 3.63) is 64.7 Å². The Morgan fingerprint density at radius 3 is 2.55 bits per heavy atom. The number of thioether (sulfide) groups is 1. The number of benzene rings is 2. The van der Waals surface area contributed by atoms with E-state index in [1.54, 1.807) is 31.4 Å². The summed E-state index contributed by atoms with van der Waals surface area (Å²) in [7, 11) is 1.63. The van der Waals surface area contributed by atoms with Gasteiger partial charge in [-0.2, -0.15) is 0 Å². The number of ketones is 1. The Kier molecular flexibility index (Phi) is 5.96. The van der Waals surface area contributed by atoms with Crippen molar-refractivity contribution in [2.24, 2.45) is 9.98 Å². The summed E-state index contributed by atoms with van der Waals surface area (Å²) in [5, 5.41) is 3.45. The zero-order valence-electron chi connectivity index (χ0n) is 17.9. The normalized spacial score (nSPS) is 16.7. The number of nitrogens with one attached hydrogen (secondary N) is 1. The largest absolute Gasteiger partial charge is 0.497 e. The number of aliphatic imine (C=N–C) groups is 2. The van der Waals surface area contributed by atoms with Crippen molar-refractivity contribution in [2.45, 2.75) is 32.2 Å². The highest BCUT2D eigenvalue weighted by Gasteiger charge is 2.28. The van der Waals surface area contributed by atoms with Gasteiger partial charge in [0.1, 0.15) is 5.75 Å². The number of Topliss-reactive ketones (excluding diaryl/α,β-unsaturated/α-hetero) is 1. The Morgan fingerprint density at radius 1 is 1.13 bits per heavy atom. The minimum absolute atomic E-state index is 0.0344. The first-order valence-corrected chi connectivity index (χ1v) is 11.2. The molecule has 7 heteroatoms. The predicted octanol–water partition coefficient (Wildman–Crippen LogP) is 3.92. The molecule has 0 atom stereocenters. The van der Waals surface area contributed by atoms with E-state index < -0.39 is 0 Å². The molecule has 0 spiro atoms. The highest BCUT2D eigenvalue weighted by Crippen LogP contribution is 2.31. The lowest BCUT2D eigenvalue weighted by Gasteiger charge is -2.29. The van der Waals surface area contributed by atoms with Crippen LogP contribution in [0.3, 0.4) is 0 Å². The van der Waals surface area contributed by atoms with Crippen LogP contribution in [0.2, 0.25) is 0 Å². The quantitative estimate of drug-likeness (QED) is 0.722. The van der Waals surface area contributed by atoms with Crippen LogP contribution in [0.15, 0.2) is 52.4 Å². The topological polar surface area (TPSA) is 80.1 Å². The van der Waals surface area contributed by atoms with Gasteiger partial charge in [0, 0.05) is 22.4 Å². The first-order chi connectivity index (χ1) is 14.8. The maximum atomic E-state index is 13.0. The van der Waals surface area contributed by atoms with Crippen LogP contribution in [-0.2, 0) is 6.42 Å². The average molecular weight is 436 g/mol. The molecular formula is C24H25N3O3S. The molecule has 0 aromatic heterocycles. The highest BCUT2D eigenvalue weighted by molar-refractivity contribution is 8.14. The Labute approximate surface area is 186 Å². The number of hydrogen-bond acceptors (Lipinski definition) is 6. The Morgan fingerprint density at radius 2 is 1.87 bits per heavy atom. The molecule has 2 aliphatic heterocycles. The first-order valence-electron chi connectivity index (χ1n) is 10.2. The molecule has 2 aliphatic rings. The fourth-order valence-electron chi connectivity index (χ4n) is 3.81. The van der Waals surface area contributed by atoms with E-state index in [4.69, 9.17) is 9.73 Å². The smallest absolute Gasteiger partial charge is 0.257 e. The van der Waals surface area contributed by atoms with Gasteiger partial charge in [0.2, 0.25) is 0 Å². The number of methoxy groups -OCH3 is 1. The van der Waals surface area contributed by atoms with Gasteiger partial charge < -0.3 is 10.1 Å². The Bertz CT molecular complexity index is 1090. The molecule has 4 rings (SSSR count). The number of amidine groups is 1. The molecule has 0 unspecified atom stereocenters. The van der Waals surface area contributed by atoms with Gasteiger partial charge in [-0.15, -0.1) is 0 Å². The van der Waals surface area contributed by atoms with E-state index in [0.717, 1.165) is 35.7 Å². The number of amides is 1. The van der Waals surface area contributed by atoms with E-state index >= 15 is 0 Å². The van der Waals surface area contributed by atoms with E-state index in [2.05, 4.69) is 30.2 Å². The molecule has 31 heavy (non-hydrogen) atoms. The summed E-state index contributed by atoms with van der Waals surface area (Å²) >= 11 is 1.53.